The number of hydrogen-bond donors (Lipinski definition) is 1. The smallest absolute Gasteiger partial charge is 0.124 e. The highest BCUT2D eigenvalue weighted by Crippen LogP contribution is 2.22. The van der Waals surface area contributed by atoms with Gasteiger partial charge in [-0.1, -0.05) is 54.6 Å². The lowest BCUT2D eigenvalue weighted by atomic mass is 10.00. The van der Waals surface area contributed by atoms with Crippen molar-refractivity contribution in [2.45, 2.75) is 13.3 Å². The summed E-state index contributed by atoms with van der Waals surface area (Å²) in [6.07, 6.45) is 3.17. The fourth-order valence-electron chi connectivity index (χ4n) is 2.11. The first-order valence-corrected chi connectivity index (χ1v) is 6.65. The van der Waals surface area contributed by atoms with E-state index >= 15 is 0 Å². The van der Waals surface area contributed by atoms with Crippen LogP contribution in [-0.2, 0) is 11.2 Å². The summed E-state index contributed by atoms with van der Waals surface area (Å²) < 4.78 is 0. The van der Waals surface area contributed by atoms with Gasteiger partial charge in [-0.25, -0.2) is 0 Å². The molecule has 0 spiro atoms. The Bertz CT molecular complexity index is 592. The normalized spacial score (nSPS) is 11.4. The number of carbonyl (C=O) groups is 1. The molecule has 0 aromatic heterocycles. The Hall–Kier alpha value is -2.19. The quantitative estimate of drug-likeness (QED) is 0.841. The van der Waals surface area contributed by atoms with Crippen LogP contribution in [0.1, 0.15) is 18.1 Å². The van der Waals surface area contributed by atoms with Crippen molar-refractivity contribution in [3.63, 3.8) is 0 Å². The van der Waals surface area contributed by atoms with Gasteiger partial charge < -0.3 is 9.90 Å². The number of aldehydes is 1. The summed E-state index contributed by atoms with van der Waals surface area (Å²) in [5, 5.41) is 8.90. The van der Waals surface area contributed by atoms with Gasteiger partial charge in [0.1, 0.15) is 6.29 Å². The van der Waals surface area contributed by atoms with Gasteiger partial charge >= 0.3 is 0 Å². The van der Waals surface area contributed by atoms with E-state index < -0.39 is 0 Å². The van der Waals surface area contributed by atoms with Gasteiger partial charge in [0.05, 0.1) is 6.61 Å². The van der Waals surface area contributed by atoms with Gasteiger partial charge in [0.25, 0.3) is 0 Å². The molecular formula is C18H18O2. The number of hydrogen-bond acceptors (Lipinski definition) is 2. The molecule has 0 fully saturated rings. The van der Waals surface area contributed by atoms with Gasteiger partial charge in [0.15, 0.2) is 0 Å². The molecule has 2 aromatic carbocycles. The molecular weight excluding hydrogens is 248 g/mol. The third-order valence-corrected chi connectivity index (χ3v) is 3.34. The second kappa shape index (κ2) is 6.83. The molecule has 2 aromatic rings. The third kappa shape index (κ3) is 3.43. The standard InChI is InChI=1S/C18H18O2/c1-14(10-12-19)16-6-8-18(9-7-16)17-4-2-15(3-5-17)11-13-20/h2-10,13,19H,11-12H2,1H3. The zero-order valence-corrected chi connectivity index (χ0v) is 11.5. The molecule has 102 valence electrons. The predicted octanol–water partition coefficient (Wildman–Crippen LogP) is 3.49. The molecule has 0 aliphatic heterocycles. The summed E-state index contributed by atoms with van der Waals surface area (Å²) >= 11 is 0. The first kappa shape index (κ1) is 14.2. The molecule has 0 radical (unpaired) electrons. The Kier molecular flexibility index (Phi) is 4.85. The number of carbonyl (C=O) groups excluding carboxylic acids is 1. The molecule has 0 amide bonds. The van der Waals surface area contributed by atoms with Gasteiger partial charge in [-0.15, -0.1) is 0 Å². The highest BCUT2D eigenvalue weighted by Gasteiger charge is 2.00. The molecule has 0 saturated heterocycles. The first-order chi connectivity index (χ1) is 9.74. The molecule has 0 aliphatic rings. The summed E-state index contributed by atoms with van der Waals surface area (Å²) in [7, 11) is 0. The number of aliphatic hydroxyl groups is 1. The van der Waals surface area contributed by atoms with Crippen molar-refractivity contribution < 1.29 is 9.90 Å². The molecule has 0 atom stereocenters. The maximum absolute atomic E-state index is 10.5. The van der Waals surface area contributed by atoms with E-state index in [4.69, 9.17) is 5.11 Å². The van der Waals surface area contributed by atoms with Crippen LogP contribution in [0.15, 0.2) is 54.6 Å². The van der Waals surface area contributed by atoms with Crippen LogP contribution in [0.5, 0.6) is 0 Å². The van der Waals surface area contributed by atoms with Crippen LogP contribution in [0.3, 0.4) is 0 Å². The van der Waals surface area contributed by atoms with E-state index in [1.807, 2.05) is 31.2 Å². The van der Waals surface area contributed by atoms with Gasteiger partial charge in [-0.3, -0.25) is 0 Å². The molecule has 0 heterocycles. The van der Waals surface area contributed by atoms with Crippen molar-refractivity contribution in [2.75, 3.05) is 6.61 Å². The molecule has 0 aliphatic carbocycles. The Morgan fingerprint density at radius 3 is 2.05 bits per heavy atom. The molecule has 2 rings (SSSR count). The van der Waals surface area contributed by atoms with Crippen LogP contribution < -0.4 is 0 Å². The van der Waals surface area contributed by atoms with E-state index in [0.717, 1.165) is 34.1 Å². The molecule has 0 saturated carbocycles. The minimum Gasteiger partial charge on any atom is -0.392 e. The van der Waals surface area contributed by atoms with Crippen LogP contribution >= 0.6 is 0 Å². The van der Waals surface area contributed by atoms with Crippen molar-refractivity contribution in [3.05, 3.63) is 65.7 Å². The largest absolute Gasteiger partial charge is 0.392 e. The zero-order chi connectivity index (χ0) is 14.4. The van der Waals surface area contributed by atoms with Crippen molar-refractivity contribution in [1.29, 1.82) is 0 Å². The molecule has 0 bridgehead atoms. The fourth-order valence-corrected chi connectivity index (χ4v) is 2.11. The lowest BCUT2D eigenvalue weighted by molar-refractivity contribution is -0.107. The van der Waals surface area contributed by atoms with Gasteiger partial charge in [0, 0.05) is 6.42 Å². The monoisotopic (exact) mass is 266 g/mol. The summed E-state index contributed by atoms with van der Waals surface area (Å²) in [5.41, 5.74) is 5.49. The summed E-state index contributed by atoms with van der Waals surface area (Å²) in [6.45, 7) is 2.05. The highest BCUT2D eigenvalue weighted by atomic mass is 16.2. The lowest BCUT2D eigenvalue weighted by Crippen LogP contribution is -1.86. The first-order valence-electron chi connectivity index (χ1n) is 6.65. The van der Waals surface area contributed by atoms with E-state index in [-0.39, 0.29) is 6.61 Å². The molecule has 2 heteroatoms. The highest BCUT2D eigenvalue weighted by molar-refractivity contribution is 5.70. The molecule has 2 nitrogen and oxygen atoms in total. The average molecular weight is 266 g/mol. The number of rotatable bonds is 5. The van der Waals surface area contributed by atoms with E-state index in [1.165, 1.54) is 0 Å². The second-order valence-corrected chi connectivity index (χ2v) is 4.71. The van der Waals surface area contributed by atoms with E-state index in [2.05, 4.69) is 24.3 Å². The van der Waals surface area contributed by atoms with Crippen LogP contribution in [0.2, 0.25) is 0 Å². The minimum absolute atomic E-state index is 0.0613. The SMILES string of the molecule is CC(=CCO)c1ccc(-c2ccc(CC=O)cc2)cc1. The van der Waals surface area contributed by atoms with Crippen LogP contribution in [0.4, 0.5) is 0 Å². The second-order valence-electron chi connectivity index (χ2n) is 4.71. The number of allylic oxidation sites excluding steroid dienone is 1. The maximum Gasteiger partial charge on any atom is 0.124 e. The van der Waals surface area contributed by atoms with Gasteiger partial charge in [0.2, 0.25) is 0 Å². The Morgan fingerprint density at radius 1 is 1.00 bits per heavy atom. The van der Waals surface area contributed by atoms with Crippen molar-refractivity contribution in [3.8, 4) is 11.1 Å². The summed E-state index contributed by atoms with van der Waals surface area (Å²) in [4.78, 5) is 10.5. The van der Waals surface area contributed by atoms with Crippen LogP contribution in [-0.4, -0.2) is 18.0 Å². The lowest BCUT2D eigenvalue weighted by Gasteiger charge is -2.06. The van der Waals surface area contributed by atoms with E-state index in [9.17, 15) is 4.79 Å². The minimum atomic E-state index is 0.0613. The third-order valence-electron chi connectivity index (χ3n) is 3.34. The van der Waals surface area contributed by atoms with Crippen LogP contribution in [0, 0.1) is 0 Å². The van der Waals surface area contributed by atoms with E-state index in [1.54, 1.807) is 6.08 Å². The number of aliphatic hydroxyl groups excluding tert-OH is 1. The van der Waals surface area contributed by atoms with Crippen molar-refractivity contribution in [2.24, 2.45) is 0 Å². The Balaban J connectivity index is 2.21. The number of benzene rings is 2. The summed E-state index contributed by atoms with van der Waals surface area (Å²) in [6, 6.07) is 16.3. The van der Waals surface area contributed by atoms with Gasteiger partial charge in [-0.05, 0) is 34.8 Å². The molecule has 1 N–H and O–H groups in total. The molecule has 0 unspecified atom stereocenters. The van der Waals surface area contributed by atoms with Crippen LogP contribution in [0.25, 0.3) is 16.7 Å². The Morgan fingerprint density at radius 2 is 1.55 bits per heavy atom. The van der Waals surface area contributed by atoms with Crippen molar-refractivity contribution in [1.82, 2.24) is 0 Å². The predicted molar refractivity (Wildman–Crippen MR) is 82.4 cm³/mol. The average Bonchev–Trinajstić information content (AvgIpc) is 2.49. The van der Waals surface area contributed by atoms with Gasteiger partial charge in [-0.2, -0.15) is 0 Å². The van der Waals surface area contributed by atoms with E-state index in [0.29, 0.717) is 6.42 Å². The zero-order valence-electron chi connectivity index (χ0n) is 11.5. The van der Waals surface area contributed by atoms with Crippen molar-refractivity contribution >= 4 is 11.9 Å². The molecule has 20 heavy (non-hydrogen) atoms. The topological polar surface area (TPSA) is 37.3 Å². The fraction of sp³-hybridized carbons (Fsp3) is 0.167. The maximum atomic E-state index is 10.5. The Labute approximate surface area is 119 Å². The summed E-state index contributed by atoms with van der Waals surface area (Å²) in [5.74, 6) is 0.